The summed E-state index contributed by atoms with van der Waals surface area (Å²) in [4.78, 5) is 12.1. The van der Waals surface area contributed by atoms with Crippen molar-refractivity contribution in [1.82, 2.24) is 0 Å². The Kier molecular flexibility index (Phi) is 5.22. The van der Waals surface area contributed by atoms with Gasteiger partial charge in [-0.25, -0.2) is 0 Å². The lowest BCUT2D eigenvalue weighted by Crippen LogP contribution is -2.02. The van der Waals surface area contributed by atoms with Gasteiger partial charge in [0.15, 0.2) is 5.78 Å². The van der Waals surface area contributed by atoms with Crippen LogP contribution in [0.3, 0.4) is 0 Å². The Morgan fingerprint density at radius 3 is 2.68 bits per heavy atom. The molecule has 0 aliphatic heterocycles. The van der Waals surface area contributed by atoms with Crippen LogP contribution in [-0.2, 0) is 28.9 Å². The third kappa shape index (κ3) is 3.49. The van der Waals surface area contributed by atoms with Gasteiger partial charge in [0.1, 0.15) is 18.1 Å². The monoisotopic (exact) mass is 317 g/mol. The van der Waals surface area contributed by atoms with E-state index in [1.807, 2.05) is 13.0 Å². The minimum absolute atomic E-state index is 0.0173. The molecule has 4 nitrogen and oxygen atoms in total. The van der Waals surface area contributed by atoms with Crippen LogP contribution in [0.25, 0.3) is 0 Å². The highest BCUT2D eigenvalue weighted by Gasteiger charge is 2.15. The number of benzene rings is 2. The normalized spacial score (nSPS) is 10.3. The molecule has 114 valence electrons. The van der Waals surface area contributed by atoms with E-state index >= 15 is 0 Å². The van der Waals surface area contributed by atoms with Crippen molar-refractivity contribution in [3.8, 4) is 11.5 Å². The first-order chi connectivity index (χ1) is 10.6. The average molecular weight is 317 g/mol. The van der Waals surface area contributed by atoms with Crippen molar-refractivity contribution < 1.29 is 18.8 Å². The molecule has 0 fully saturated rings. The van der Waals surface area contributed by atoms with Crippen LogP contribution in [0.1, 0.15) is 35.3 Å². The number of carbonyl (C=O) groups is 1. The van der Waals surface area contributed by atoms with Crippen molar-refractivity contribution in [2.75, 3.05) is 0 Å². The second-order valence-corrected chi connectivity index (χ2v) is 5.51. The van der Waals surface area contributed by atoms with Crippen molar-refractivity contribution in [2.24, 2.45) is 0 Å². The Labute approximate surface area is 133 Å². The van der Waals surface area contributed by atoms with Gasteiger partial charge in [0.25, 0.3) is 4.90 Å². The van der Waals surface area contributed by atoms with Gasteiger partial charge in [-0.1, -0.05) is 19.1 Å². The third-order valence-electron chi connectivity index (χ3n) is 3.36. The third-order valence-corrected chi connectivity index (χ3v) is 3.81. The molecule has 0 aliphatic carbocycles. The number of ketones is 1. The molecule has 22 heavy (non-hydrogen) atoms. The van der Waals surface area contributed by atoms with E-state index in [4.69, 9.17) is 4.74 Å². The second-order valence-electron chi connectivity index (χ2n) is 4.87. The molecule has 5 heteroatoms. The molecule has 0 aliphatic rings. The zero-order valence-electron chi connectivity index (χ0n) is 12.5. The summed E-state index contributed by atoms with van der Waals surface area (Å²) >= 11 is 0.437. The summed E-state index contributed by atoms with van der Waals surface area (Å²) in [5, 5.41) is 10.2. The molecular weight excluding hydrogens is 300 g/mol. The molecule has 0 unspecified atom stereocenters. The van der Waals surface area contributed by atoms with Gasteiger partial charge in [-0.15, -0.1) is 0 Å². The van der Waals surface area contributed by atoms with Gasteiger partial charge in [-0.2, -0.15) is 0 Å². The van der Waals surface area contributed by atoms with Crippen LogP contribution in [0.5, 0.6) is 11.5 Å². The summed E-state index contributed by atoms with van der Waals surface area (Å²) in [5.41, 5.74) is 1.79. The SMILES string of the molecule is CCc1c(OCc2cccc([S+]=O)c2)ccc(C(C)=O)c1O. The molecule has 0 bridgehead atoms. The molecule has 0 radical (unpaired) electrons. The summed E-state index contributed by atoms with van der Waals surface area (Å²) in [5.74, 6) is 0.348. The first-order valence-electron chi connectivity index (χ1n) is 6.94. The maximum Gasteiger partial charge on any atom is 0.505 e. The number of hydrogen-bond donors (Lipinski definition) is 1. The van der Waals surface area contributed by atoms with Crippen molar-refractivity contribution in [3.63, 3.8) is 0 Å². The summed E-state index contributed by atoms with van der Waals surface area (Å²) in [6.45, 7) is 3.60. The number of carbonyl (C=O) groups excluding carboxylic acids is 1. The fraction of sp³-hybridized carbons (Fsp3) is 0.235. The summed E-state index contributed by atoms with van der Waals surface area (Å²) < 4.78 is 16.6. The van der Waals surface area contributed by atoms with E-state index in [1.165, 1.54) is 6.92 Å². The van der Waals surface area contributed by atoms with Crippen LogP contribution >= 0.6 is 0 Å². The Morgan fingerprint density at radius 1 is 1.27 bits per heavy atom. The number of aromatic hydroxyl groups is 1. The largest absolute Gasteiger partial charge is 0.507 e. The van der Waals surface area contributed by atoms with E-state index in [0.29, 0.717) is 46.5 Å². The minimum Gasteiger partial charge on any atom is -0.507 e. The minimum atomic E-state index is -0.182. The maximum atomic E-state index is 11.5. The van der Waals surface area contributed by atoms with Crippen molar-refractivity contribution >= 4 is 17.4 Å². The topological polar surface area (TPSA) is 63.6 Å². The number of ether oxygens (including phenoxy) is 1. The van der Waals surface area contributed by atoms with Crippen LogP contribution in [0.15, 0.2) is 41.3 Å². The lowest BCUT2D eigenvalue weighted by atomic mass is 10.0. The molecule has 2 aromatic carbocycles. The summed E-state index contributed by atoms with van der Waals surface area (Å²) in [7, 11) is 0. The molecule has 2 rings (SSSR count). The van der Waals surface area contributed by atoms with Gasteiger partial charge in [-0.05, 0) is 31.0 Å². The molecule has 0 aromatic heterocycles. The Morgan fingerprint density at radius 2 is 2.05 bits per heavy atom. The lowest BCUT2D eigenvalue weighted by Gasteiger charge is -2.13. The van der Waals surface area contributed by atoms with Gasteiger partial charge in [0, 0.05) is 21.9 Å². The van der Waals surface area contributed by atoms with Crippen LogP contribution in [0, 0.1) is 0 Å². The molecule has 2 aromatic rings. The molecule has 0 saturated heterocycles. The first-order valence-corrected chi connectivity index (χ1v) is 7.68. The van der Waals surface area contributed by atoms with Crippen LogP contribution in [0.2, 0.25) is 0 Å². The Bertz CT molecular complexity index is 710. The molecular formula is C17H17O4S+. The van der Waals surface area contributed by atoms with Crippen molar-refractivity contribution in [2.45, 2.75) is 31.8 Å². The number of hydrogen-bond acceptors (Lipinski definition) is 4. The zero-order chi connectivity index (χ0) is 16.1. The number of phenols is 1. The lowest BCUT2D eigenvalue weighted by molar-refractivity contribution is 0.101. The molecule has 0 heterocycles. The quantitative estimate of drug-likeness (QED) is 0.654. The van der Waals surface area contributed by atoms with Crippen LogP contribution in [0.4, 0.5) is 0 Å². The summed E-state index contributed by atoms with van der Waals surface area (Å²) in [6.07, 6.45) is 0.554. The van der Waals surface area contributed by atoms with E-state index in [-0.39, 0.29) is 11.5 Å². The highest BCUT2D eigenvalue weighted by atomic mass is 32.1. The highest BCUT2D eigenvalue weighted by Crippen LogP contribution is 2.32. The van der Waals surface area contributed by atoms with Gasteiger partial charge >= 0.3 is 11.7 Å². The summed E-state index contributed by atoms with van der Waals surface area (Å²) in [6, 6.07) is 10.4. The maximum absolute atomic E-state index is 11.5. The van der Waals surface area contributed by atoms with Crippen molar-refractivity contribution in [1.29, 1.82) is 0 Å². The van der Waals surface area contributed by atoms with Crippen LogP contribution in [-0.4, -0.2) is 10.9 Å². The van der Waals surface area contributed by atoms with E-state index in [1.54, 1.807) is 30.3 Å². The van der Waals surface area contributed by atoms with E-state index in [0.717, 1.165) is 5.56 Å². The predicted molar refractivity (Wildman–Crippen MR) is 84.6 cm³/mol. The zero-order valence-corrected chi connectivity index (χ0v) is 13.3. The molecule has 0 saturated carbocycles. The van der Waals surface area contributed by atoms with Gasteiger partial charge < -0.3 is 9.84 Å². The van der Waals surface area contributed by atoms with E-state index in [2.05, 4.69) is 0 Å². The number of rotatable bonds is 6. The molecule has 0 atom stereocenters. The smallest absolute Gasteiger partial charge is 0.505 e. The second kappa shape index (κ2) is 7.13. The standard InChI is InChI=1S/C17H16O4S/c1-3-14-16(8-7-15(11(2)18)17(14)19)21-10-12-5-4-6-13(9-12)22-20/h4-9H,3,10H2,1-2H3/p+1. The number of Topliss-reactive ketones (excluding diaryl/α,β-unsaturated/α-hetero) is 1. The predicted octanol–water partition coefficient (Wildman–Crippen LogP) is 3.52. The van der Waals surface area contributed by atoms with Gasteiger partial charge in [0.2, 0.25) is 0 Å². The van der Waals surface area contributed by atoms with Crippen molar-refractivity contribution in [3.05, 3.63) is 53.1 Å². The number of phenolic OH excluding ortho intramolecular Hbond substituents is 1. The van der Waals surface area contributed by atoms with Gasteiger partial charge in [-0.3, -0.25) is 4.79 Å². The Hall–Kier alpha value is -2.27. The van der Waals surface area contributed by atoms with E-state index < -0.39 is 0 Å². The molecule has 1 N–H and O–H groups in total. The Balaban J connectivity index is 2.24. The average Bonchev–Trinajstić information content (AvgIpc) is 2.52. The van der Waals surface area contributed by atoms with Gasteiger partial charge in [0.05, 0.1) is 5.56 Å². The van der Waals surface area contributed by atoms with Crippen LogP contribution < -0.4 is 4.74 Å². The van der Waals surface area contributed by atoms with E-state index in [9.17, 15) is 14.1 Å². The highest BCUT2D eigenvalue weighted by molar-refractivity contribution is 7.65. The molecule has 0 spiro atoms. The fourth-order valence-electron chi connectivity index (χ4n) is 2.23. The molecule has 0 amide bonds. The fourth-order valence-corrected chi connectivity index (χ4v) is 2.56. The first kappa shape index (κ1) is 16.1.